The second-order valence-corrected chi connectivity index (χ2v) is 5.52. The van der Waals surface area contributed by atoms with E-state index in [2.05, 4.69) is 0 Å². The van der Waals surface area contributed by atoms with E-state index < -0.39 is 17.7 Å². The minimum atomic E-state index is -1.08. The largest absolute Gasteiger partial charge is 0.465 e. The fourth-order valence-electron chi connectivity index (χ4n) is 1.84. The van der Waals surface area contributed by atoms with Crippen LogP contribution in [0.1, 0.15) is 41.0 Å². The zero-order chi connectivity index (χ0) is 13.8. The molecule has 1 amide bonds. The number of ketones is 1. The third-order valence-corrected chi connectivity index (χ3v) is 3.11. The molecule has 0 spiro atoms. The molecular formula is C12H22ClNO3. The summed E-state index contributed by atoms with van der Waals surface area (Å²) < 4.78 is 0. The highest BCUT2D eigenvalue weighted by Crippen LogP contribution is 2.24. The SMILES string of the molecule is CC[C@H](C)[C@@H](C(=O)CCl)N(C(=O)O)C(C)(C)C. The summed E-state index contributed by atoms with van der Waals surface area (Å²) in [5, 5.41) is 9.30. The zero-order valence-corrected chi connectivity index (χ0v) is 11.9. The summed E-state index contributed by atoms with van der Waals surface area (Å²) in [5.41, 5.74) is -0.623. The summed E-state index contributed by atoms with van der Waals surface area (Å²) in [6.45, 7) is 9.13. The van der Waals surface area contributed by atoms with Crippen molar-refractivity contribution < 1.29 is 14.7 Å². The summed E-state index contributed by atoms with van der Waals surface area (Å²) in [7, 11) is 0. The number of Topliss-reactive ketones (excluding diaryl/α,β-unsaturated/α-hetero) is 1. The molecule has 0 unspecified atom stereocenters. The summed E-state index contributed by atoms with van der Waals surface area (Å²) in [6.07, 6.45) is -0.353. The van der Waals surface area contributed by atoms with E-state index in [0.717, 1.165) is 6.42 Å². The van der Waals surface area contributed by atoms with Gasteiger partial charge in [0.1, 0.15) is 0 Å². The van der Waals surface area contributed by atoms with Gasteiger partial charge in [-0.1, -0.05) is 20.3 Å². The van der Waals surface area contributed by atoms with Crippen LogP contribution in [0.4, 0.5) is 4.79 Å². The lowest BCUT2D eigenvalue weighted by molar-refractivity contribution is -0.125. The lowest BCUT2D eigenvalue weighted by Crippen LogP contribution is -2.56. The topological polar surface area (TPSA) is 57.6 Å². The Labute approximate surface area is 108 Å². The van der Waals surface area contributed by atoms with Crippen LogP contribution in [0.2, 0.25) is 0 Å². The molecule has 0 bridgehead atoms. The molecule has 0 saturated heterocycles. The molecule has 2 atom stereocenters. The Bertz CT molecular complexity index is 286. The Kier molecular flexibility index (Phi) is 5.96. The van der Waals surface area contributed by atoms with Crippen molar-refractivity contribution in [2.24, 2.45) is 5.92 Å². The van der Waals surface area contributed by atoms with Crippen LogP contribution >= 0.6 is 11.6 Å². The Hall–Kier alpha value is -0.770. The van der Waals surface area contributed by atoms with Crippen LogP contribution in [0, 0.1) is 5.92 Å². The van der Waals surface area contributed by atoms with E-state index in [-0.39, 0.29) is 17.6 Å². The van der Waals surface area contributed by atoms with Gasteiger partial charge in [0.25, 0.3) is 0 Å². The molecule has 0 aromatic carbocycles. The molecule has 0 aliphatic rings. The number of alkyl halides is 1. The van der Waals surface area contributed by atoms with Crippen molar-refractivity contribution >= 4 is 23.5 Å². The molecule has 0 aromatic heterocycles. The van der Waals surface area contributed by atoms with E-state index in [0.29, 0.717) is 0 Å². The Morgan fingerprint density at radius 3 is 2.06 bits per heavy atom. The van der Waals surface area contributed by atoms with Crippen molar-refractivity contribution in [2.75, 3.05) is 5.88 Å². The second-order valence-electron chi connectivity index (χ2n) is 5.25. The lowest BCUT2D eigenvalue weighted by Gasteiger charge is -2.41. The first-order chi connectivity index (χ1) is 7.66. The molecule has 0 aromatic rings. The fourth-order valence-corrected chi connectivity index (χ4v) is 2.00. The van der Waals surface area contributed by atoms with Gasteiger partial charge in [-0.25, -0.2) is 4.79 Å². The van der Waals surface area contributed by atoms with Gasteiger partial charge >= 0.3 is 6.09 Å². The minimum Gasteiger partial charge on any atom is -0.465 e. The zero-order valence-electron chi connectivity index (χ0n) is 11.2. The number of halogens is 1. The number of rotatable bonds is 5. The van der Waals surface area contributed by atoms with Crippen molar-refractivity contribution in [2.45, 2.75) is 52.6 Å². The smallest absolute Gasteiger partial charge is 0.408 e. The van der Waals surface area contributed by atoms with E-state index in [1.54, 1.807) is 20.8 Å². The monoisotopic (exact) mass is 263 g/mol. The van der Waals surface area contributed by atoms with Gasteiger partial charge in [-0.15, -0.1) is 11.6 Å². The molecule has 0 aliphatic heterocycles. The van der Waals surface area contributed by atoms with Crippen LogP contribution in [0.15, 0.2) is 0 Å². The number of hydrogen-bond acceptors (Lipinski definition) is 2. The first-order valence-electron chi connectivity index (χ1n) is 5.77. The van der Waals surface area contributed by atoms with Gasteiger partial charge in [0.05, 0.1) is 11.9 Å². The highest BCUT2D eigenvalue weighted by molar-refractivity contribution is 6.28. The van der Waals surface area contributed by atoms with Crippen LogP contribution in [0.3, 0.4) is 0 Å². The average Bonchev–Trinajstić information content (AvgIpc) is 2.21. The maximum absolute atomic E-state index is 11.9. The van der Waals surface area contributed by atoms with Crippen molar-refractivity contribution in [1.29, 1.82) is 0 Å². The first kappa shape index (κ1) is 16.2. The molecule has 0 heterocycles. The van der Waals surface area contributed by atoms with Crippen molar-refractivity contribution in [3.05, 3.63) is 0 Å². The van der Waals surface area contributed by atoms with Gasteiger partial charge in [-0.3, -0.25) is 9.69 Å². The molecule has 5 heteroatoms. The summed E-state index contributed by atoms with van der Waals surface area (Å²) in [5.74, 6) is -0.440. The quantitative estimate of drug-likeness (QED) is 0.776. The molecule has 1 N–H and O–H groups in total. The predicted molar refractivity (Wildman–Crippen MR) is 68.6 cm³/mol. The van der Waals surface area contributed by atoms with Gasteiger partial charge < -0.3 is 5.11 Å². The molecule has 100 valence electrons. The molecule has 4 nitrogen and oxygen atoms in total. The van der Waals surface area contributed by atoms with Crippen LogP contribution < -0.4 is 0 Å². The second kappa shape index (κ2) is 6.24. The molecule has 0 fully saturated rings. The Balaban J connectivity index is 5.38. The standard InChI is InChI=1S/C12H22ClNO3/c1-6-8(2)10(9(15)7-13)14(11(16)17)12(3,4)5/h8,10H,6-7H2,1-5H3,(H,16,17)/t8-,10-/m0/s1. The highest BCUT2D eigenvalue weighted by Gasteiger charge is 2.39. The number of carbonyl (C=O) groups is 2. The van der Waals surface area contributed by atoms with Crippen LogP contribution in [-0.2, 0) is 4.79 Å². The molecule has 0 rings (SSSR count). The number of carboxylic acid groups (broad SMARTS) is 1. The number of nitrogens with zero attached hydrogens (tertiary/aromatic N) is 1. The van der Waals surface area contributed by atoms with Gasteiger partial charge in [0, 0.05) is 5.54 Å². The maximum Gasteiger partial charge on any atom is 0.408 e. The van der Waals surface area contributed by atoms with Crippen LogP contribution in [0.5, 0.6) is 0 Å². The van der Waals surface area contributed by atoms with Gasteiger partial charge in [-0.2, -0.15) is 0 Å². The lowest BCUT2D eigenvalue weighted by atomic mass is 9.91. The molecule has 0 aliphatic carbocycles. The molecule has 17 heavy (non-hydrogen) atoms. The summed E-state index contributed by atoms with van der Waals surface area (Å²) in [4.78, 5) is 24.4. The number of amides is 1. The van der Waals surface area contributed by atoms with Gasteiger partial charge in [0.15, 0.2) is 5.78 Å². The first-order valence-corrected chi connectivity index (χ1v) is 6.31. The minimum absolute atomic E-state index is 0.0448. The van der Waals surface area contributed by atoms with Crippen LogP contribution in [0.25, 0.3) is 0 Å². The molecular weight excluding hydrogens is 242 g/mol. The van der Waals surface area contributed by atoms with E-state index in [9.17, 15) is 14.7 Å². The fraction of sp³-hybridized carbons (Fsp3) is 0.833. The van der Waals surface area contributed by atoms with Crippen molar-refractivity contribution in [3.8, 4) is 0 Å². The highest BCUT2D eigenvalue weighted by atomic mass is 35.5. The third kappa shape index (κ3) is 4.19. The molecule has 0 saturated carbocycles. The van der Waals surface area contributed by atoms with E-state index >= 15 is 0 Å². The predicted octanol–water partition coefficient (Wildman–Crippen LogP) is 2.99. The maximum atomic E-state index is 11.9. The van der Waals surface area contributed by atoms with E-state index in [4.69, 9.17) is 11.6 Å². The third-order valence-electron chi connectivity index (χ3n) is 2.85. The Morgan fingerprint density at radius 1 is 1.35 bits per heavy atom. The number of carbonyl (C=O) groups excluding carboxylic acids is 1. The van der Waals surface area contributed by atoms with Gasteiger partial charge in [-0.05, 0) is 26.7 Å². The van der Waals surface area contributed by atoms with Crippen molar-refractivity contribution in [1.82, 2.24) is 4.90 Å². The Morgan fingerprint density at radius 2 is 1.82 bits per heavy atom. The molecule has 0 radical (unpaired) electrons. The summed E-state index contributed by atoms with van der Waals surface area (Å²) in [6, 6.07) is -0.671. The number of hydrogen-bond donors (Lipinski definition) is 1. The van der Waals surface area contributed by atoms with Crippen molar-refractivity contribution in [3.63, 3.8) is 0 Å². The summed E-state index contributed by atoms with van der Waals surface area (Å²) >= 11 is 5.58. The van der Waals surface area contributed by atoms with E-state index in [1.165, 1.54) is 4.90 Å². The normalized spacial score (nSPS) is 15.2. The van der Waals surface area contributed by atoms with Crippen LogP contribution in [-0.4, -0.2) is 39.3 Å². The van der Waals surface area contributed by atoms with E-state index in [1.807, 2.05) is 13.8 Å². The van der Waals surface area contributed by atoms with Gasteiger partial charge in [0.2, 0.25) is 0 Å². The average molecular weight is 264 g/mol.